The summed E-state index contributed by atoms with van der Waals surface area (Å²) < 4.78 is 12.2. The number of carbonyl (C=O) groups excluding carboxylic acids is 1. The van der Waals surface area contributed by atoms with Gasteiger partial charge in [0.2, 0.25) is 12.0 Å². The van der Waals surface area contributed by atoms with E-state index in [-0.39, 0.29) is 5.92 Å². The lowest BCUT2D eigenvalue weighted by Gasteiger charge is -2.21. The normalized spacial score (nSPS) is 12.6. The number of ether oxygens (including phenoxy) is 2. The summed E-state index contributed by atoms with van der Waals surface area (Å²) in [6.07, 6.45) is -1.13. The molecule has 2 aromatic carbocycles. The van der Waals surface area contributed by atoms with Gasteiger partial charge >= 0.3 is 5.97 Å². The molecule has 3 aromatic rings. The van der Waals surface area contributed by atoms with E-state index in [9.17, 15) is 10.1 Å². The van der Waals surface area contributed by atoms with Crippen LogP contribution in [0, 0.1) is 17.2 Å². The molecule has 5 nitrogen and oxygen atoms in total. The summed E-state index contributed by atoms with van der Waals surface area (Å²) in [5, 5.41) is 9.62. The van der Waals surface area contributed by atoms with Gasteiger partial charge in [-0.25, -0.2) is 4.98 Å². The fourth-order valence-electron chi connectivity index (χ4n) is 3.05. The molecule has 2 unspecified atom stereocenters. The fourth-order valence-corrected chi connectivity index (χ4v) is 3.31. The van der Waals surface area contributed by atoms with Crippen LogP contribution in [0.15, 0.2) is 77.3 Å². The number of pyridine rings is 1. The van der Waals surface area contributed by atoms with Gasteiger partial charge in [0, 0.05) is 10.5 Å². The summed E-state index contributed by atoms with van der Waals surface area (Å²) in [5.74, 6) is -0.00226. The van der Waals surface area contributed by atoms with E-state index in [1.54, 1.807) is 18.2 Å². The van der Waals surface area contributed by atoms with Gasteiger partial charge < -0.3 is 9.47 Å². The number of halogens is 1. The number of nitriles is 1. The van der Waals surface area contributed by atoms with Crippen LogP contribution in [0.5, 0.6) is 11.6 Å². The maximum Gasteiger partial charge on any atom is 0.315 e. The summed E-state index contributed by atoms with van der Waals surface area (Å²) in [4.78, 5) is 17.3. The van der Waals surface area contributed by atoms with Crippen molar-refractivity contribution in [2.75, 3.05) is 0 Å². The van der Waals surface area contributed by atoms with Crippen molar-refractivity contribution in [2.24, 2.45) is 5.92 Å². The van der Waals surface area contributed by atoms with Gasteiger partial charge in [-0.05, 0) is 41.8 Å². The molecule has 0 radical (unpaired) electrons. The predicted octanol–water partition coefficient (Wildman–Crippen LogP) is 6.18. The predicted molar refractivity (Wildman–Crippen MR) is 117 cm³/mol. The van der Waals surface area contributed by atoms with Gasteiger partial charge in [-0.3, -0.25) is 4.79 Å². The molecule has 0 amide bonds. The van der Waals surface area contributed by atoms with E-state index < -0.39 is 18.0 Å². The number of aromatic nitrogens is 1. The standard InChI is InChI=1S/C24H21BrN2O3/c1-16(2)23(17-11-13-18(25)14-12-17)24(28)30-21(15-26)20-9-6-10-22(27-20)29-19-7-4-3-5-8-19/h3-14,16,21,23H,1-2H3. The van der Waals surface area contributed by atoms with Gasteiger partial charge in [0.25, 0.3) is 0 Å². The first-order valence-corrected chi connectivity index (χ1v) is 10.3. The van der Waals surface area contributed by atoms with Gasteiger partial charge in [0.1, 0.15) is 11.8 Å². The third kappa shape index (κ3) is 5.46. The molecule has 1 heterocycles. The molecule has 0 aliphatic heterocycles. The molecule has 0 fully saturated rings. The van der Waals surface area contributed by atoms with E-state index in [1.807, 2.05) is 74.5 Å². The van der Waals surface area contributed by atoms with Crippen molar-refractivity contribution < 1.29 is 14.3 Å². The number of carbonyl (C=O) groups is 1. The first-order chi connectivity index (χ1) is 14.5. The topological polar surface area (TPSA) is 72.2 Å². The Balaban J connectivity index is 1.78. The highest BCUT2D eigenvalue weighted by atomic mass is 79.9. The molecule has 6 heteroatoms. The summed E-state index contributed by atoms with van der Waals surface area (Å²) in [5.41, 5.74) is 1.15. The Bertz CT molecular complexity index is 1030. The molecule has 0 saturated heterocycles. The van der Waals surface area contributed by atoms with Gasteiger partial charge in [-0.1, -0.05) is 66.2 Å². The molecular weight excluding hydrogens is 444 g/mol. The molecule has 152 valence electrons. The lowest BCUT2D eigenvalue weighted by Crippen LogP contribution is -2.23. The van der Waals surface area contributed by atoms with Crippen molar-refractivity contribution in [3.63, 3.8) is 0 Å². The van der Waals surface area contributed by atoms with Crippen molar-refractivity contribution in [1.82, 2.24) is 4.98 Å². The van der Waals surface area contributed by atoms with E-state index in [4.69, 9.17) is 9.47 Å². The highest BCUT2D eigenvalue weighted by Gasteiger charge is 2.29. The smallest absolute Gasteiger partial charge is 0.315 e. The maximum absolute atomic E-state index is 12.9. The summed E-state index contributed by atoms with van der Waals surface area (Å²) in [6.45, 7) is 3.89. The Morgan fingerprint density at radius 3 is 2.33 bits per heavy atom. The molecule has 0 aliphatic rings. The van der Waals surface area contributed by atoms with Gasteiger partial charge in [0.05, 0.1) is 11.6 Å². The fraction of sp³-hybridized carbons (Fsp3) is 0.208. The second-order valence-corrected chi connectivity index (χ2v) is 7.95. The third-order valence-electron chi connectivity index (χ3n) is 4.48. The number of nitrogens with zero attached hydrogens (tertiary/aromatic N) is 2. The molecule has 0 N–H and O–H groups in total. The van der Waals surface area contributed by atoms with Crippen molar-refractivity contribution >= 4 is 21.9 Å². The van der Waals surface area contributed by atoms with Crippen LogP contribution in [0.4, 0.5) is 0 Å². The first kappa shape index (κ1) is 21.5. The van der Waals surface area contributed by atoms with Crippen molar-refractivity contribution in [1.29, 1.82) is 5.26 Å². The minimum atomic E-state index is -1.13. The Morgan fingerprint density at radius 1 is 1.00 bits per heavy atom. The molecular formula is C24H21BrN2O3. The number of hydrogen-bond acceptors (Lipinski definition) is 5. The molecule has 3 rings (SSSR count). The van der Waals surface area contributed by atoms with Gasteiger partial charge in [-0.15, -0.1) is 0 Å². The van der Waals surface area contributed by atoms with E-state index in [1.165, 1.54) is 0 Å². The van der Waals surface area contributed by atoms with Crippen LogP contribution >= 0.6 is 15.9 Å². The highest BCUT2D eigenvalue weighted by Crippen LogP contribution is 2.30. The van der Waals surface area contributed by atoms with Crippen LogP contribution in [0.2, 0.25) is 0 Å². The molecule has 0 bridgehead atoms. The lowest BCUT2D eigenvalue weighted by atomic mass is 9.88. The number of hydrogen-bond donors (Lipinski definition) is 0. The van der Waals surface area contributed by atoms with E-state index >= 15 is 0 Å². The van der Waals surface area contributed by atoms with E-state index in [0.717, 1.165) is 10.0 Å². The van der Waals surface area contributed by atoms with Crippen LogP contribution in [0.3, 0.4) is 0 Å². The SMILES string of the molecule is CC(C)C(C(=O)OC(C#N)c1cccc(Oc2ccccc2)n1)c1ccc(Br)cc1. The molecule has 0 saturated carbocycles. The molecule has 0 aliphatic carbocycles. The van der Waals surface area contributed by atoms with E-state index in [2.05, 4.69) is 20.9 Å². The zero-order valence-corrected chi connectivity index (χ0v) is 18.2. The van der Waals surface area contributed by atoms with Gasteiger partial charge in [0.15, 0.2) is 0 Å². The zero-order valence-electron chi connectivity index (χ0n) is 16.7. The minimum Gasteiger partial charge on any atom is -0.440 e. The van der Waals surface area contributed by atoms with E-state index in [0.29, 0.717) is 17.3 Å². The van der Waals surface area contributed by atoms with Crippen LogP contribution in [0.1, 0.15) is 37.1 Å². The number of rotatable bonds is 7. The molecule has 2 atom stereocenters. The quantitative estimate of drug-likeness (QED) is 0.390. The summed E-state index contributed by atoms with van der Waals surface area (Å²) in [7, 11) is 0. The van der Waals surface area contributed by atoms with Crippen LogP contribution in [-0.4, -0.2) is 11.0 Å². The zero-order chi connectivity index (χ0) is 21.5. The second kappa shape index (κ2) is 10.0. The number of esters is 1. The van der Waals surface area contributed by atoms with Crippen LogP contribution < -0.4 is 4.74 Å². The lowest BCUT2D eigenvalue weighted by molar-refractivity contribution is -0.150. The summed E-state index contributed by atoms with van der Waals surface area (Å²) >= 11 is 3.40. The second-order valence-electron chi connectivity index (χ2n) is 7.04. The van der Waals surface area contributed by atoms with Crippen molar-refractivity contribution in [3.8, 4) is 17.7 Å². The Labute approximate surface area is 184 Å². The van der Waals surface area contributed by atoms with Crippen LogP contribution in [0.25, 0.3) is 0 Å². The average molecular weight is 465 g/mol. The Hall–Kier alpha value is -3.17. The van der Waals surface area contributed by atoms with Crippen molar-refractivity contribution in [2.45, 2.75) is 25.9 Å². The molecule has 1 aromatic heterocycles. The first-order valence-electron chi connectivity index (χ1n) is 9.53. The van der Waals surface area contributed by atoms with Gasteiger partial charge in [-0.2, -0.15) is 5.26 Å². The average Bonchev–Trinajstić information content (AvgIpc) is 2.74. The Kier molecular flexibility index (Phi) is 7.21. The van der Waals surface area contributed by atoms with Crippen LogP contribution in [-0.2, 0) is 9.53 Å². The Morgan fingerprint density at radius 2 is 1.70 bits per heavy atom. The number of benzene rings is 2. The molecule has 30 heavy (non-hydrogen) atoms. The third-order valence-corrected chi connectivity index (χ3v) is 5.01. The van der Waals surface area contributed by atoms with Crippen molar-refractivity contribution in [3.05, 3.63) is 88.5 Å². The monoisotopic (exact) mass is 464 g/mol. The summed E-state index contributed by atoms with van der Waals surface area (Å²) in [6, 6.07) is 23.8. The molecule has 0 spiro atoms. The number of para-hydroxylation sites is 1. The maximum atomic E-state index is 12.9. The minimum absolute atomic E-state index is 0.00118. The largest absolute Gasteiger partial charge is 0.440 e. The highest BCUT2D eigenvalue weighted by molar-refractivity contribution is 9.10.